The fraction of sp³-hybridized carbons (Fsp3) is 0.267. The molecule has 8 heteroatoms. The molecular weight excluding hydrogens is 312 g/mol. The lowest BCUT2D eigenvalue weighted by Gasteiger charge is -2.04. The molecule has 23 heavy (non-hydrogen) atoms. The molecule has 0 saturated heterocycles. The zero-order chi connectivity index (χ0) is 15.6. The summed E-state index contributed by atoms with van der Waals surface area (Å²) in [6.07, 6.45) is 5.51. The van der Waals surface area contributed by atoms with Gasteiger partial charge in [-0.1, -0.05) is 23.5 Å². The number of anilines is 1. The highest BCUT2D eigenvalue weighted by atomic mass is 32.1. The van der Waals surface area contributed by atoms with Crippen molar-refractivity contribution < 1.29 is 4.79 Å². The summed E-state index contributed by atoms with van der Waals surface area (Å²) in [5.74, 6) is 0.380. The lowest BCUT2D eigenvalue weighted by molar-refractivity contribution is 0.102. The van der Waals surface area contributed by atoms with E-state index < -0.39 is 0 Å². The van der Waals surface area contributed by atoms with E-state index in [9.17, 15) is 4.79 Å². The maximum atomic E-state index is 12.2. The smallest absolute Gasteiger partial charge is 0.257 e. The molecule has 116 valence electrons. The van der Waals surface area contributed by atoms with Gasteiger partial charge < -0.3 is 0 Å². The molecule has 1 aliphatic rings. The van der Waals surface area contributed by atoms with Crippen molar-refractivity contribution in [3.63, 3.8) is 0 Å². The van der Waals surface area contributed by atoms with Crippen LogP contribution >= 0.6 is 11.3 Å². The second kappa shape index (κ2) is 5.88. The first-order valence-electron chi connectivity index (χ1n) is 7.34. The van der Waals surface area contributed by atoms with E-state index >= 15 is 0 Å². The van der Waals surface area contributed by atoms with Crippen LogP contribution in [0, 0.1) is 0 Å². The minimum atomic E-state index is -0.171. The number of hydrogen-bond acceptors (Lipinski definition) is 6. The van der Waals surface area contributed by atoms with Crippen molar-refractivity contribution in [2.45, 2.75) is 25.3 Å². The summed E-state index contributed by atoms with van der Waals surface area (Å²) in [6.45, 7) is 0.628. The Morgan fingerprint density at radius 2 is 2.09 bits per heavy atom. The van der Waals surface area contributed by atoms with Gasteiger partial charge in [-0.3, -0.25) is 10.1 Å². The molecule has 0 spiro atoms. The molecule has 0 atom stereocenters. The second-order valence-corrected chi connectivity index (χ2v) is 6.47. The number of carbonyl (C=O) groups is 1. The van der Waals surface area contributed by atoms with Crippen LogP contribution in [0.4, 0.5) is 5.13 Å². The van der Waals surface area contributed by atoms with Gasteiger partial charge in [0.05, 0.1) is 6.54 Å². The molecule has 2 heterocycles. The molecule has 2 aromatic heterocycles. The van der Waals surface area contributed by atoms with Gasteiger partial charge in [0.25, 0.3) is 5.91 Å². The van der Waals surface area contributed by atoms with E-state index in [1.165, 1.54) is 30.5 Å². The minimum absolute atomic E-state index is 0.171. The van der Waals surface area contributed by atoms with Gasteiger partial charge in [0.2, 0.25) is 5.13 Å². The first kappa shape index (κ1) is 14.0. The Morgan fingerprint density at radius 3 is 2.78 bits per heavy atom. The summed E-state index contributed by atoms with van der Waals surface area (Å²) in [6, 6.07) is 7.41. The molecule has 0 aliphatic heterocycles. The SMILES string of the molecule is O=C(Nc1nnc(C2CC2)s1)c1ccc(Cn2cncn2)cc1. The fourth-order valence-corrected chi connectivity index (χ4v) is 3.12. The Hall–Kier alpha value is -2.61. The van der Waals surface area contributed by atoms with Crippen LogP contribution in [-0.2, 0) is 6.54 Å². The minimum Gasteiger partial charge on any atom is -0.296 e. The Labute approximate surface area is 136 Å². The average Bonchev–Trinajstić information content (AvgIpc) is 3.09. The summed E-state index contributed by atoms with van der Waals surface area (Å²) in [5.41, 5.74) is 1.65. The maximum absolute atomic E-state index is 12.2. The highest BCUT2D eigenvalue weighted by Gasteiger charge is 2.27. The van der Waals surface area contributed by atoms with Crippen LogP contribution in [0.25, 0.3) is 0 Å². The first-order valence-corrected chi connectivity index (χ1v) is 8.16. The predicted molar refractivity (Wildman–Crippen MR) is 85.4 cm³/mol. The highest BCUT2D eigenvalue weighted by molar-refractivity contribution is 7.15. The third-order valence-electron chi connectivity index (χ3n) is 3.61. The van der Waals surface area contributed by atoms with Gasteiger partial charge >= 0.3 is 0 Å². The van der Waals surface area contributed by atoms with Crippen molar-refractivity contribution >= 4 is 22.4 Å². The molecule has 0 unspecified atom stereocenters. The molecular formula is C15H14N6OS. The van der Waals surface area contributed by atoms with Crippen molar-refractivity contribution in [3.05, 3.63) is 53.1 Å². The Morgan fingerprint density at radius 1 is 1.26 bits per heavy atom. The molecule has 1 aliphatic carbocycles. The first-order chi connectivity index (χ1) is 11.3. The average molecular weight is 326 g/mol. The monoisotopic (exact) mass is 326 g/mol. The van der Waals surface area contributed by atoms with Gasteiger partial charge in [0, 0.05) is 11.5 Å². The summed E-state index contributed by atoms with van der Waals surface area (Å²) in [4.78, 5) is 16.1. The van der Waals surface area contributed by atoms with Gasteiger partial charge in [0.15, 0.2) is 0 Å². The number of benzene rings is 1. The zero-order valence-corrected chi connectivity index (χ0v) is 13.0. The summed E-state index contributed by atoms with van der Waals surface area (Å²) in [5, 5.41) is 16.6. The molecule has 4 rings (SSSR count). The molecule has 1 fully saturated rings. The van der Waals surface area contributed by atoms with Gasteiger partial charge in [-0.05, 0) is 30.5 Å². The maximum Gasteiger partial charge on any atom is 0.257 e. The molecule has 7 nitrogen and oxygen atoms in total. The quantitative estimate of drug-likeness (QED) is 0.777. The predicted octanol–water partition coefficient (Wildman–Crippen LogP) is 2.31. The normalized spacial score (nSPS) is 13.9. The van der Waals surface area contributed by atoms with E-state index in [0.717, 1.165) is 10.6 Å². The van der Waals surface area contributed by atoms with E-state index in [2.05, 4.69) is 25.6 Å². The standard InChI is InChI=1S/C15H14N6OS/c22-13(18-15-20-19-14(23-15)12-5-6-12)11-3-1-10(2-4-11)7-21-9-16-8-17-21/h1-4,8-9,12H,5-7H2,(H,18,20,22). The zero-order valence-electron chi connectivity index (χ0n) is 12.2. The molecule has 1 amide bonds. The molecule has 1 saturated carbocycles. The highest BCUT2D eigenvalue weighted by Crippen LogP contribution is 2.42. The number of aromatic nitrogens is 5. The number of amides is 1. The third-order valence-corrected chi connectivity index (χ3v) is 4.62. The van der Waals surface area contributed by atoms with E-state index in [-0.39, 0.29) is 5.91 Å². The number of hydrogen-bond donors (Lipinski definition) is 1. The fourth-order valence-electron chi connectivity index (χ4n) is 2.21. The lowest BCUT2D eigenvalue weighted by atomic mass is 10.1. The van der Waals surface area contributed by atoms with E-state index in [0.29, 0.717) is 23.2 Å². The van der Waals surface area contributed by atoms with Crippen LogP contribution in [0.1, 0.15) is 39.7 Å². The van der Waals surface area contributed by atoms with E-state index in [1.54, 1.807) is 23.1 Å². The van der Waals surface area contributed by atoms with Gasteiger partial charge in [-0.15, -0.1) is 10.2 Å². The van der Waals surface area contributed by atoms with Crippen molar-refractivity contribution in [2.24, 2.45) is 0 Å². The Bertz CT molecular complexity index is 807. The number of nitrogens with zero attached hydrogens (tertiary/aromatic N) is 5. The van der Waals surface area contributed by atoms with Gasteiger partial charge in [-0.2, -0.15) is 5.10 Å². The molecule has 3 aromatic rings. The van der Waals surface area contributed by atoms with Crippen LogP contribution in [0.3, 0.4) is 0 Å². The molecule has 0 bridgehead atoms. The van der Waals surface area contributed by atoms with Crippen molar-refractivity contribution in [2.75, 3.05) is 5.32 Å². The van der Waals surface area contributed by atoms with Crippen molar-refractivity contribution in [3.8, 4) is 0 Å². The van der Waals surface area contributed by atoms with Gasteiger partial charge in [0.1, 0.15) is 17.7 Å². The second-order valence-electron chi connectivity index (χ2n) is 5.46. The van der Waals surface area contributed by atoms with E-state index in [1.807, 2.05) is 12.1 Å². The van der Waals surface area contributed by atoms with Gasteiger partial charge in [-0.25, -0.2) is 9.67 Å². The third kappa shape index (κ3) is 3.26. The summed E-state index contributed by atoms with van der Waals surface area (Å²) >= 11 is 1.46. The summed E-state index contributed by atoms with van der Waals surface area (Å²) in [7, 11) is 0. The molecule has 1 N–H and O–H groups in total. The van der Waals surface area contributed by atoms with Crippen LogP contribution in [0.5, 0.6) is 0 Å². The van der Waals surface area contributed by atoms with Crippen LogP contribution < -0.4 is 5.32 Å². The van der Waals surface area contributed by atoms with Crippen LogP contribution in [0.15, 0.2) is 36.9 Å². The number of rotatable bonds is 5. The van der Waals surface area contributed by atoms with Crippen LogP contribution in [-0.4, -0.2) is 30.9 Å². The lowest BCUT2D eigenvalue weighted by Crippen LogP contribution is -2.11. The molecule has 1 aromatic carbocycles. The van der Waals surface area contributed by atoms with Crippen LogP contribution in [0.2, 0.25) is 0 Å². The number of carbonyl (C=O) groups excluding carboxylic acids is 1. The largest absolute Gasteiger partial charge is 0.296 e. The summed E-state index contributed by atoms with van der Waals surface area (Å²) < 4.78 is 1.73. The van der Waals surface area contributed by atoms with Crippen molar-refractivity contribution in [1.82, 2.24) is 25.0 Å². The van der Waals surface area contributed by atoms with E-state index in [4.69, 9.17) is 0 Å². The van der Waals surface area contributed by atoms with Crippen molar-refractivity contribution in [1.29, 1.82) is 0 Å². The topological polar surface area (TPSA) is 85.6 Å². The Balaban J connectivity index is 1.41. The Kier molecular flexibility index (Phi) is 3.58. The number of nitrogens with one attached hydrogen (secondary N) is 1. The molecule has 0 radical (unpaired) electrons.